The summed E-state index contributed by atoms with van der Waals surface area (Å²) in [5, 5.41) is 6.83. The van der Waals surface area contributed by atoms with Crippen molar-refractivity contribution in [1.29, 1.82) is 0 Å². The molecule has 10 aromatic rings. The Kier molecular flexibility index (Phi) is 7.47. The third-order valence-electron chi connectivity index (χ3n) is 10.2. The van der Waals surface area contributed by atoms with Gasteiger partial charge in [-0.15, -0.1) is 0 Å². The van der Waals surface area contributed by atoms with Crippen molar-refractivity contribution >= 4 is 77.6 Å². The molecule has 0 aliphatic heterocycles. The van der Waals surface area contributed by atoms with Crippen LogP contribution in [0.25, 0.3) is 54.6 Å². The van der Waals surface area contributed by atoms with Crippen molar-refractivity contribution in [1.82, 2.24) is 0 Å². The predicted molar refractivity (Wildman–Crippen MR) is 224 cm³/mol. The highest BCUT2D eigenvalue weighted by Crippen LogP contribution is 2.47. The second kappa shape index (κ2) is 12.9. The number of hydrogen-bond acceptors (Lipinski definition) is 3. The molecule has 53 heavy (non-hydrogen) atoms. The van der Waals surface area contributed by atoms with Crippen LogP contribution in [0.5, 0.6) is 0 Å². The molecule has 10 rings (SSSR count). The van der Waals surface area contributed by atoms with Crippen LogP contribution < -0.4 is 9.80 Å². The lowest BCUT2D eigenvalue weighted by Crippen LogP contribution is -2.10. The van der Waals surface area contributed by atoms with Crippen LogP contribution in [0.4, 0.5) is 34.1 Å². The fraction of sp³-hybridized carbons (Fsp3) is 0. The molecule has 3 nitrogen and oxygen atoms in total. The molecule has 0 fully saturated rings. The lowest BCUT2D eigenvalue weighted by Gasteiger charge is -2.27. The first-order valence-corrected chi connectivity index (χ1v) is 18.0. The number of furan rings is 1. The third-order valence-corrected chi connectivity index (χ3v) is 10.2. The summed E-state index contributed by atoms with van der Waals surface area (Å²) in [7, 11) is 0. The molecule has 0 unspecified atom stereocenters. The zero-order chi connectivity index (χ0) is 35.1. The molecular formula is C50H34N2O. The summed E-state index contributed by atoms with van der Waals surface area (Å²) in [6.45, 7) is 0. The highest BCUT2D eigenvalue weighted by molar-refractivity contribution is 6.22. The van der Waals surface area contributed by atoms with Crippen LogP contribution in [0, 0.1) is 0 Å². The van der Waals surface area contributed by atoms with Crippen LogP contribution in [0.3, 0.4) is 0 Å². The number of benzene rings is 9. The maximum Gasteiger partial charge on any atom is 0.143 e. The number of anilines is 6. The van der Waals surface area contributed by atoms with Crippen LogP contribution in [0.15, 0.2) is 211 Å². The van der Waals surface area contributed by atoms with Gasteiger partial charge in [0, 0.05) is 50.0 Å². The van der Waals surface area contributed by atoms with Gasteiger partial charge in [0.25, 0.3) is 0 Å². The lowest BCUT2D eigenvalue weighted by molar-refractivity contribution is 0.673. The van der Waals surface area contributed by atoms with Crippen LogP contribution >= 0.6 is 0 Å². The van der Waals surface area contributed by atoms with E-state index in [9.17, 15) is 0 Å². The van der Waals surface area contributed by atoms with Gasteiger partial charge < -0.3 is 14.2 Å². The normalized spacial score (nSPS) is 11.4. The van der Waals surface area contributed by atoms with Crippen molar-refractivity contribution in [3.63, 3.8) is 0 Å². The van der Waals surface area contributed by atoms with Gasteiger partial charge in [-0.25, -0.2) is 0 Å². The molecule has 250 valence electrons. The summed E-state index contributed by atoms with van der Waals surface area (Å²) in [4.78, 5) is 4.67. The summed E-state index contributed by atoms with van der Waals surface area (Å²) >= 11 is 0. The maximum atomic E-state index is 6.78. The van der Waals surface area contributed by atoms with E-state index in [1.165, 1.54) is 10.8 Å². The van der Waals surface area contributed by atoms with Gasteiger partial charge in [-0.05, 0) is 94.7 Å². The van der Waals surface area contributed by atoms with Crippen molar-refractivity contribution in [2.45, 2.75) is 0 Å². The maximum absolute atomic E-state index is 6.78. The van der Waals surface area contributed by atoms with Gasteiger partial charge >= 0.3 is 0 Å². The van der Waals surface area contributed by atoms with Crippen LogP contribution in [0.1, 0.15) is 0 Å². The minimum atomic E-state index is 0.871. The van der Waals surface area contributed by atoms with Gasteiger partial charge in [-0.1, -0.05) is 133 Å². The Labute approximate surface area is 308 Å². The smallest absolute Gasteiger partial charge is 0.143 e. The Balaban J connectivity index is 1.17. The molecule has 0 atom stereocenters. The molecule has 3 heteroatoms. The first-order chi connectivity index (χ1) is 26.3. The predicted octanol–water partition coefficient (Wildman–Crippen LogP) is 14.5. The summed E-state index contributed by atoms with van der Waals surface area (Å²) < 4.78 is 6.78. The largest absolute Gasteiger partial charge is 0.455 e. The second-order valence-corrected chi connectivity index (χ2v) is 13.4. The Bertz CT molecular complexity index is 2840. The van der Waals surface area contributed by atoms with Crippen LogP contribution in [-0.2, 0) is 0 Å². The number of hydrogen-bond donors (Lipinski definition) is 0. The van der Waals surface area contributed by atoms with Crippen LogP contribution in [0.2, 0.25) is 0 Å². The zero-order valence-electron chi connectivity index (χ0n) is 28.9. The van der Waals surface area contributed by atoms with Crippen molar-refractivity contribution < 1.29 is 4.42 Å². The fourth-order valence-electron chi connectivity index (χ4n) is 7.77. The highest BCUT2D eigenvalue weighted by atomic mass is 16.3. The molecule has 0 aliphatic carbocycles. The molecule has 1 heterocycles. The number of rotatable bonds is 7. The minimum absolute atomic E-state index is 0.871. The molecule has 9 aromatic carbocycles. The summed E-state index contributed by atoms with van der Waals surface area (Å²) in [5.74, 6) is 0. The molecule has 0 saturated heterocycles. The molecule has 0 amide bonds. The minimum Gasteiger partial charge on any atom is -0.455 e. The summed E-state index contributed by atoms with van der Waals surface area (Å²) in [6, 6.07) is 73.2. The molecular weight excluding hydrogens is 645 g/mol. The molecule has 0 saturated carbocycles. The van der Waals surface area contributed by atoms with E-state index in [2.05, 4.69) is 216 Å². The highest BCUT2D eigenvalue weighted by Gasteiger charge is 2.22. The Hall–Kier alpha value is -7.10. The Morgan fingerprint density at radius 2 is 0.887 bits per heavy atom. The van der Waals surface area contributed by atoms with E-state index in [0.29, 0.717) is 0 Å². The van der Waals surface area contributed by atoms with E-state index in [-0.39, 0.29) is 0 Å². The zero-order valence-corrected chi connectivity index (χ0v) is 28.9. The van der Waals surface area contributed by atoms with Gasteiger partial charge in [0.1, 0.15) is 11.2 Å². The third kappa shape index (κ3) is 5.38. The van der Waals surface area contributed by atoms with E-state index >= 15 is 0 Å². The van der Waals surface area contributed by atoms with Crippen molar-refractivity contribution in [3.8, 4) is 11.1 Å². The first kappa shape index (κ1) is 30.7. The SMILES string of the molecule is c1ccc(N(c2ccccc2)c2ccc(-c3cccc4oc5c6ccccc6c(N(c6ccccc6)c6ccc7ccccc7c6)cc5c34)cc2)cc1. The average Bonchev–Trinajstić information content (AvgIpc) is 3.62. The molecule has 0 aliphatic rings. The van der Waals surface area contributed by atoms with Crippen molar-refractivity contribution in [3.05, 3.63) is 206 Å². The quantitative estimate of drug-likeness (QED) is 0.167. The Morgan fingerprint density at radius 3 is 1.57 bits per heavy atom. The van der Waals surface area contributed by atoms with E-state index < -0.39 is 0 Å². The second-order valence-electron chi connectivity index (χ2n) is 13.4. The first-order valence-electron chi connectivity index (χ1n) is 18.0. The topological polar surface area (TPSA) is 19.6 Å². The van der Waals surface area contributed by atoms with Gasteiger partial charge in [-0.3, -0.25) is 0 Å². The van der Waals surface area contributed by atoms with Crippen molar-refractivity contribution in [2.75, 3.05) is 9.80 Å². The van der Waals surface area contributed by atoms with Gasteiger partial charge in [-0.2, -0.15) is 0 Å². The lowest BCUT2D eigenvalue weighted by atomic mass is 9.96. The van der Waals surface area contributed by atoms with Gasteiger partial charge in [0.05, 0.1) is 5.69 Å². The summed E-state index contributed by atoms with van der Waals surface area (Å²) in [6.07, 6.45) is 0. The number of fused-ring (bicyclic) bond motifs is 6. The van der Waals surface area contributed by atoms with Crippen LogP contribution in [-0.4, -0.2) is 0 Å². The van der Waals surface area contributed by atoms with E-state index in [1.807, 2.05) is 0 Å². The Morgan fingerprint density at radius 1 is 0.340 bits per heavy atom. The number of para-hydroxylation sites is 3. The molecule has 1 aromatic heterocycles. The summed E-state index contributed by atoms with van der Waals surface area (Å²) in [5.41, 5.74) is 10.7. The average molecular weight is 679 g/mol. The monoisotopic (exact) mass is 678 g/mol. The van der Waals surface area contributed by atoms with Gasteiger partial charge in [0.15, 0.2) is 0 Å². The standard InChI is InChI=1S/C50H34N2O/c1-4-17-38(18-5-1)51(39-19-6-2-7-20-39)41-30-28-36(29-31-41)43-25-14-26-48-49(43)46-34-47(44-23-12-13-24-45(44)50(46)53-48)52(40-21-8-3-9-22-40)42-32-27-35-15-10-11-16-37(35)33-42/h1-34H. The number of nitrogens with zero attached hydrogens (tertiary/aromatic N) is 2. The fourth-order valence-corrected chi connectivity index (χ4v) is 7.77. The van der Waals surface area contributed by atoms with E-state index in [0.717, 1.165) is 78.0 Å². The van der Waals surface area contributed by atoms with E-state index in [4.69, 9.17) is 4.42 Å². The molecule has 0 N–H and O–H groups in total. The molecule has 0 spiro atoms. The van der Waals surface area contributed by atoms with Gasteiger partial charge in [0.2, 0.25) is 0 Å². The van der Waals surface area contributed by atoms with Crippen molar-refractivity contribution in [2.24, 2.45) is 0 Å². The molecule has 0 bridgehead atoms. The van der Waals surface area contributed by atoms with E-state index in [1.54, 1.807) is 0 Å². The molecule has 0 radical (unpaired) electrons.